The molecule has 0 saturated carbocycles. The maximum atomic E-state index is 9.90. The maximum absolute atomic E-state index is 9.90. The molecular formula is C16H24Cl2N2O2. The predicted molar refractivity (Wildman–Crippen MR) is 91.1 cm³/mol. The van der Waals surface area contributed by atoms with Gasteiger partial charge >= 0.3 is 0 Å². The fourth-order valence-corrected chi connectivity index (χ4v) is 3.69. The molecule has 1 aliphatic rings. The Morgan fingerprint density at radius 3 is 2.45 bits per heavy atom. The summed E-state index contributed by atoms with van der Waals surface area (Å²) in [4.78, 5) is 4.61. The molecule has 0 bridgehead atoms. The summed E-state index contributed by atoms with van der Waals surface area (Å²) < 4.78 is 5.47. The second kappa shape index (κ2) is 7.84. The molecule has 1 aromatic carbocycles. The summed E-state index contributed by atoms with van der Waals surface area (Å²) in [5.74, 6) is 0.512. The number of likely N-dealkylation sites (N-methyl/N-ethyl adjacent to an activating group) is 1. The molecule has 1 aromatic rings. The molecule has 1 N–H and O–H groups in total. The lowest BCUT2D eigenvalue weighted by atomic mass is 10.0. The van der Waals surface area contributed by atoms with Crippen LogP contribution in [-0.4, -0.2) is 60.8 Å². The van der Waals surface area contributed by atoms with Gasteiger partial charge in [-0.15, -0.1) is 0 Å². The van der Waals surface area contributed by atoms with Crippen LogP contribution in [0.1, 0.15) is 25.5 Å². The predicted octanol–water partition coefficient (Wildman–Crippen LogP) is 3.06. The van der Waals surface area contributed by atoms with Crippen molar-refractivity contribution in [3.8, 4) is 5.75 Å². The molecule has 0 spiro atoms. The Hall–Kier alpha value is -0.520. The molecule has 2 unspecified atom stereocenters. The first-order valence-electron chi connectivity index (χ1n) is 7.64. The number of aliphatic hydroxyl groups is 1. The third-order valence-corrected chi connectivity index (χ3v) is 4.71. The number of hydrogen-bond donors (Lipinski definition) is 1. The summed E-state index contributed by atoms with van der Waals surface area (Å²) in [6.07, 6.45) is 0. The molecule has 0 aromatic heterocycles. The minimum absolute atomic E-state index is 0.0364. The fraction of sp³-hybridized carbons (Fsp3) is 0.625. The number of piperazine rings is 1. The first-order chi connectivity index (χ1) is 10.5. The smallest absolute Gasteiger partial charge is 0.156 e. The van der Waals surface area contributed by atoms with Gasteiger partial charge < -0.3 is 14.7 Å². The molecule has 1 saturated heterocycles. The van der Waals surface area contributed by atoms with Crippen molar-refractivity contribution < 1.29 is 9.84 Å². The summed E-state index contributed by atoms with van der Waals surface area (Å²) in [5.41, 5.74) is 0.928. The Kier molecular flexibility index (Phi) is 6.36. The van der Waals surface area contributed by atoms with Crippen LogP contribution in [0.3, 0.4) is 0 Å². The van der Waals surface area contributed by atoms with E-state index in [2.05, 4.69) is 23.8 Å². The Morgan fingerprint density at radius 1 is 1.32 bits per heavy atom. The molecule has 1 heterocycles. The van der Waals surface area contributed by atoms with E-state index >= 15 is 0 Å². The molecule has 2 atom stereocenters. The zero-order chi connectivity index (χ0) is 16.3. The Labute approximate surface area is 142 Å². The summed E-state index contributed by atoms with van der Waals surface area (Å²) in [7, 11) is 2.12. The van der Waals surface area contributed by atoms with E-state index in [9.17, 15) is 5.11 Å². The standard InChI is InChI=1S/C16H24Cl2N2O2/c1-4-22-16-13(17)7-12(8-14(16)18)15(10-21)20-6-5-19(3)9-11(20)2/h7-8,11,15,21H,4-6,9-10H2,1-3H3. The third-order valence-electron chi connectivity index (χ3n) is 4.15. The lowest BCUT2D eigenvalue weighted by Crippen LogP contribution is -2.52. The second-order valence-electron chi connectivity index (χ2n) is 5.79. The highest BCUT2D eigenvalue weighted by atomic mass is 35.5. The van der Waals surface area contributed by atoms with Gasteiger partial charge in [0.1, 0.15) is 0 Å². The van der Waals surface area contributed by atoms with E-state index in [1.54, 1.807) is 0 Å². The van der Waals surface area contributed by atoms with E-state index in [-0.39, 0.29) is 12.6 Å². The van der Waals surface area contributed by atoms with Crippen molar-refractivity contribution in [2.45, 2.75) is 25.9 Å². The van der Waals surface area contributed by atoms with Crippen LogP contribution in [0, 0.1) is 0 Å². The van der Waals surface area contributed by atoms with E-state index in [4.69, 9.17) is 27.9 Å². The minimum Gasteiger partial charge on any atom is -0.491 e. The number of rotatable bonds is 5. The van der Waals surface area contributed by atoms with Crippen LogP contribution in [0.2, 0.25) is 10.0 Å². The largest absolute Gasteiger partial charge is 0.491 e. The van der Waals surface area contributed by atoms with E-state index in [0.717, 1.165) is 25.2 Å². The van der Waals surface area contributed by atoms with Crippen LogP contribution in [0.25, 0.3) is 0 Å². The van der Waals surface area contributed by atoms with E-state index in [1.807, 2.05) is 19.1 Å². The molecule has 0 aliphatic carbocycles. The average molecular weight is 347 g/mol. The lowest BCUT2D eigenvalue weighted by molar-refractivity contribution is 0.0341. The molecule has 0 radical (unpaired) electrons. The normalized spacial score (nSPS) is 21.8. The lowest BCUT2D eigenvalue weighted by Gasteiger charge is -2.42. The zero-order valence-electron chi connectivity index (χ0n) is 13.4. The number of halogens is 2. The van der Waals surface area contributed by atoms with Crippen molar-refractivity contribution in [3.63, 3.8) is 0 Å². The Morgan fingerprint density at radius 2 is 1.95 bits per heavy atom. The molecule has 4 nitrogen and oxygen atoms in total. The Bertz CT molecular complexity index is 490. The topological polar surface area (TPSA) is 35.9 Å². The van der Waals surface area contributed by atoms with Gasteiger partial charge in [-0.05, 0) is 38.6 Å². The fourth-order valence-electron chi connectivity index (χ4n) is 3.07. The first kappa shape index (κ1) is 17.8. The monoisotopic (exact) mass is 346 g/mol. The molecule has 124 valence electrons. The molecular weight excluding hydrogens is 323 g/mol. The van der Waals surface area contributed by atoms with Gasteiger partial charge in [-0.3, -0.25) is 4.90 Å². The van der Waals surface area contributed by atoms with Crippen molar-refractivity contribution in [2.75, 3.05) is 39.9 Å². The highest BCUT2D eigenvalue weighted by molar-refractivity contribution is 6.37. The van der Waals surface area contributed by atoms with Gasteiger partial charge in [-0.1, -0.05) is 23.2 Å². The van der Waals surface area contributed by atoms with Crippen molar-refractivity contribution >= 4 is 23.2 Å². The van der Waals surface area contributed by atoms with Crippen molar-refractivity contribution in [2.24, 2.45) is 0 Å². The highest BCUT2D eigenvalue weighted by Crippen LogP contribution is 2.37. The maximum Gasteiger partial charge on any atom is 0.156 e. The van der Waals surface area contributed by atoms with Crippen LogP contribution in [0.15, 0.2) is 12.1 Å². The molecule has 1 aliphatic heterocycles. The number of ether oxygens (including phenoxy) is 1. The number of nitrogens with zero attached hydrogens (tertiary/aromatic N) is 2. The molecule has 1 fully saturated rings. The van der Waals surface area contributed by atoms with Crippen LogP contribution in [0.5, 0.6) is 5.75 Å². The quantitative estimate of drug-likeness (QED) is 0.888. The van der Waals surface area contributed by atoms with Crippen molar-refractivity contribution in [1.82, 2.24) is 9.80 Å². The number of aliphatic hydroxyl groups excluding tert-OH is 1. The first-order valence-corrected chi connectivity index (χ1v) is 8.40. The van der Waals surface area contributed by atoms with Gasteiger partial charge in [0.15, 0.2) is 5.75 Å². The zero-order valence-corrected chi connectivity index (χ0v) is 14.9. The van der Waals surface area contributed by atoms with E-state index in [0.29, 0.717) is 28.4 Å². The summed E-state index contributed by atoms with van der Waals surface area (Å²) in [6, 6.07) is 3.96. The SMILES string of the molecule is CCOc1c(Cl)cc(C(CO)N2CCN(C)CC2C)cc1Cl. The summed E-state index contributed by atoms with van der Waals surface area (Å²) >= 11 is 12.6. The highest BCUT2D eigenvalue weighted by Gasteiger charge is 2.29. The van der Waals surface area contributed by atoms with Gasteiger partial charge in [-0.2, -0.15) is 0 Å². The van der Waals surface area contributed by atoms with Gasteiger partial charge in [0.2, 0.25) is 0 Å². The van der Waals surface area contributed by atoms with Crippen molar-refractivity contribution in [3.05, 3.63) is 27.7 Å². The van der Waals surface area contributed by atoms with E-state index in [1.165, 1.54) is 0 Å². The molecule has 22 heavy (non-hydrogen) atoms. The van der Waals surface area contributed by atoms with Gasteiger partial charge in [-0.25, -0.2) is 0 Å². The van der Waals surface area contributed by atoms with Crippen LogP contribution >= 0.6 is 23.2 Å². The third kappa shape index (κ3) is 3.87. The van der Waals surface area contributed by atoms with Gasteiger partial charge in [0, 0.05) is 25.7 Å². The van der Waals surface area contributed by atoms with E-state index < -0.39 is 0 Å². The minimum atomic E-state index is -0.102. The van der Waals surface area contributed by atoms with Gasteiger partial charge in [0.25, 0.3) is 0 Å². The number of hydrogen-bond acceptors (Lipinski definition) is 4. The van der Waals surface area contributed by atoms with Gasteiger partial charge in [0.05, 0.1) is 29.3 Å². The molecule has 6 heteroatoms. The second-order valence-corrected chi connectivity index (χ2v) is 6.61. The molecule has 0 amide bonds. The Balaban J connectivity index is 2.28. The summed E-state index contributed by atoms with van der Waals surface area (Å²) in [6.45, 7) is 7.49. The molecule has 2 rings (SSSR count). The van der Waals surface area contributed by atoms with Crippen molar-refractivity contribution in [1.29, 1.82) is 0 Å². The summed E-state index contributed by atoms with van der Waals surface area (Å²) in [5, 5.41) is 10.9. The average Bonchev–Trinajstić information content (AvgIpc) is 2.46. The number of benzene rings is 1. The van der Waals surface area contributed by atoms with Crippen LogP contribution in [0.4, 0.5) is 0 Å². The van der Waals surface area contributed by atoms with Crippen LogP contribution in [-0.2, 0) is 0 Å². The van der Waals surface area contributed by atoms with Crippen LogP contribution < -0.4 is 4.74 Å².